The van der Waals surface area contributed by atoms with Crippen LogP contribution in [0, 0.1) is 59.7 Å². The van der Waals surface area contributed by atoms with E-state index < -0.39 is 0 Å². The molecule has 9 rings (SSSR count). The van der Waals surface area contributed by atoms with Crippen LogP contribution >= 0.6 is 0 Å². The van der Waals surface area contributed by atoms with Crippen molar-refractivity contribution >= 4 is 0 Å². The molecule has 8 N–H and O–H groups in total. The van der Waals surface area contributed by atoms with Crippen LogP contribution in [0.4, 0.5) is 0 Å². The van der Waals surface area contributed by atoms with Crippen molar-refractivity contribution < 1.29 is 21.7 Å². The fourth-order valence-corrected chi connectivity index (χ4v) is 11.7. The van der Waals surface area contributed by atoms with Crippen molar-refractivity contribution in [2.75, 3.05) is 0 Å². The third-order valence-corrected chi connectivity index (χ3v) is 13.6. The van der Waals surface area contributed by atoms with Crippen LogP contribution in [0.15, 0.2) is 0 Å². The first-order chi connectivity index (χ1) is 21.5. The fraction of sp³-hybridized carbons (Fsp3) is 0.944. The second-order valence-corrected chi connectivity index (χ2v) is 16.9. The minimum atomic E-state index is 0. The molecule has 5 aliphatic heterocycles. The molecule has 9 aliphatic rings. The maximum absolute atomic E-state index is 4.25. The standard InChI is InChI=1S/C32H55N8.C4H9.Ti/c1-2-10-18-17(9-1)25-33-26(18)38-28-21-13-5-6-14-22(21)30(35-28)40-32-24-16-8-7-15-23(24)31(36-32)39-29-20-12-4-3-11-19(20)27(34-29)37-25;1-4(2)3;/h9,17-40H,1-8,10-16H2;1-3H3;/q2*-1;+2. The molecule has 0 amide bonds. The van der Waals surface area contributed by atoms with Crippen molar-refractivity contribution in [1.82, 2.24) is 42.5 Å². The van der Waals surface area contributed by atoms with E-state index in [0.717, 1.165) is 35.5 Å². The summed E-state index contributed by atoms with van der Waals surface area (Å²) >= 11 is 0. The van der Waals surface area contributed by atoms with Crippen LogP contribution in [0.1, 0.15) is 117 Å². The average molecular weight is 657 g/mol. The molecular weight excluding hydrogens is 592 g/mol. The fourth-order valence-electron chi connectivity index (χ4n) is 11.7. The van der Waals surface area contributed by atoms with Gasteiger partial charge in [-0.3, -0.25) is 42.5 Å². The van der Waals surface area contributed by atoms with Gasteiger partial charge in [0, 0.05) is 6.17 Å². The van der Waals surface area contributed by atoms with Crippen LogP contribution in [0.2, 0.25) is 0 Å². The average Bonchev–Trinajstić information content (AvgIpc) is 3.76. The summed E-state index contributed by atoms with van der Waals surface area (Å²) in [6, 6.07) is 0. The van der Waals surface area contributed by atoms with E-state index in [1.165, 1.54) is 102 Å². The molecule has 8 nitrogen and oxygen atoms in total. The molecule has 4 aliphatic carbocycles. The molecule has 4 saturated carbocycles. The SMILES string of the molecule is C[C-](C)C.[CH-]1CCCC2C3NC(NC4NC(NC5NC(NC6NC(N3)C3CCCCC63)C3CCCCC53)C3CCCCC43)C12.[Ti+2]. The minimum Gasteiger partial charge on any atom is -0.323 e. The van der Waals surface area contributed by atoms with E-state index >= 15 is 0 Å². The van der Waals surface area contributed by atoms with Gasteiger partial charge in [-0.15, -0.1) is 5.92 Å². The van der Waals surface area contributed by atoms with Crippen LogP contribution in [-0.2, 0) is 21.7 Å². The van der Waals surface area contributed by atoms with Gasteiger partial charge in [0.25, 0.3) is 0 Å². The van der Waals surface area contributed by atoms with Gasteiger partial charge < -0.3 is 12.3 Å². The summed E-state index contributed by atoms with van der Waals surface area (Å²) in [4.78, 5) is 0. The zero-order valence-corrected chi connectivity index (χ0v) is 30.0. The molecule has 45 heavy (non-hydrogen) atoms. The van der Waals surface area contributed by atoms with Gasteiger partial charge in [-0.2, -0.15) is 27.2 Å². The van der Waals surface area contributed by atoms with Crippen LogP contribution in [-0.4, -0.2) is 49.3 Å². The summed E-state index contributed by atoms with van der Waals surface area (Å²) in [5, 5.41) is 33.7. The molecule has 5 heterocycles. The zero-order chi connectivity index (χ0) is 29.8. The third-order valence-electron chi connectivity index (χ3n) is 13.6. The number of fused-ring (bicyclic) bond motifs is 20. The van der Waals surface area contributed by atoms with E-state index in [2.05, 4.69) is 69.7 Å². The van der Waals surface area contributed by atoms with E-state index in [4.69, 9.17) is 0 Å². The first-order valence-corrected chi connectivity index (χ1v) is 19.2. The molecule has 0 spiro atoms. The van der Waals surface area contributed by atoms with Crippen molar-refractivity contribution in [1.29, 1.82) is 0 Å². The summed E-state index contributed by atoms with van der Waals surface area (Å²) in [5.74, 6) is 7.15. The van der Waals surface area contributed by atoms with Gasteiger partial charge in [0.15, 0.2) is 0 Å². The van der Waals surface area contributed by atoms with Crippen molar-refractivity contribution in [2.24, 2.45) is 47.3 Å². The van der Waals surface area contributed by atoms with E-state index in [0.29, 0.717) is 61.2 Å². The van der Waals surface area contributed by atoms with Gasteiger partial charge in [0.05, 0.1) is 43.2 Å². The molecule has 16 unspecified atom stereocenters. The Morgan fingerprint density at radius 3 is 0.933 bits per heavy atom. The van der Waals surface area contributed by atoms with Crippen molar-refractivity contribution in [3.8, 4) is 0 Å². The molecule has 9 fully saturated rings. The van der Waals surface area contributed by atoms with Crippen LogP contribution < -0.4 is 42.5 Å². The number of hydrogen-bond donors (Lipinski definition) is 8. The van der Waals surface area contributed by atoms with Gasteiger partial charge in [-0.1, -0.05) is 51.4 Å². The Hall–Kier alpha value is 0.394. The first-order valence-electron chi connectivity index (χ1n) is 19.2. The second-order valence-electron chi connectivity index (χ2n) is 16.9. The van der Waals surface area contributed by atoms with Gasteiger partial charge in [-0.25, -0.2) is 0 Å². The predicted molar refractivity (Wildman–Crippen MR) is 177 cm³/mol. The summed E-state index contributed by atoms with van der Waals surface area (Å²) in [6.07, 6.45) is 26.4. The molecule has 252 valence electrons. The molecule has 16 atom stereocenters. The van der Waals surface area contributed by atoms with E-state index in [1.807, 2.05) is 0 Å². The smallest absolute Gasteiger partial charge is 0.323 e. The van der Waals surface area contributed by atoms with Crippen LogP contribution in [0.25, 0.3) is 0 Å². The molecule has 8 bridgehead atoms. The maximum atomic E-state index is 4.25. The molecule has 0 radical (unpaired) electrons. The zero-order valence-electron chi connectivity index (χ0n) is 28.4. The molecule has 5 saturated heterocycles. The Labute approximate surface area is 289 Å². The Morgan fingerprint density at radius 1 is 0.378 bits per heavy atom. The normalized spacial score (nSPS) is 52.0. The Bertz CT molecular complexity index is 759. The Kier molecular flexibility index (Phi) is 11.1. The van der Waals surface area contributed by atoms with Gasteiger partial charge >= 0.3 is 21.7 Å². The molecule has 9 heteroatoms. The molecular formula is C36H64N8Ti. The monoisotopic (exact) mass is 656 g/mol. The molecule has 0 aromatic rings. The Morgan fingerprint density at radius 2 is 0.622 bits per heavy atom. The predicted octanol–water partition coefficient (Wildman–Crippen LogP) is 4.04. The second kappa shape index (κ2) is 14.7. The maximum Gasteiger partial charge on any atom is 2.00 e. The largest absolute Gasteiger partial charge is 2.00 e. The number of nitrogens with one attached hydrogen (secondary N) is 8. The first kappa shape index (κ1) is 33.9. The topological polar surface area (TPSA) is 96.2 Å². The molecule has 0 aromatic heterocycles. The van der Waals surface area contributed by atoms with Gasteiger partial charge in [0.2, 0.25) is 0 Å². The quantitative estimate of drug-likeness (QED) is 0.146. The van der Waals surface area contributed by atoms with E-state index in [9.17, 15) is 0 Å². The van der Waals surface area contributed by atoms with E-state index in [1.54, 1.807) is 0 Å². The summed E-state index contributed by atoms with van der Waals surface area (Å²) < 4.78 is 0. The summed E-state index contributed by atoms with van der Waals surface area (Å²) in [5.41, 5.74) is 0. The van der Waals surface area contributed by atoms with Crippen LogP contribution in [0.5, 0.6) is 0 Å². The third kappa shape index (κ3) is 6.79. The van der Waals surface area contributed by atoms with E-state index in [-0.39, 0.29) is 21.7 Å². The van der Waals surface area contributed by atoms with Gasteiger partial charge in [-0.05, 0) is 80.0 Å². The van der Waals surface area contributed by atoms with Crippen molar-refractivity contribution in [2.45, 2.75) is 166 Å². The molecule has 0 aromatic carbocycles. The summed E-state index contributed by atoms with van der Waals surface area (Å²) in [7, 11) is 0. The number of rotatable bonds is 0. The minimum absolute atomic E-state index is 0. The summed E-state index contributed by atoms with van der Waals surface area (Å²) in [6.45, 7) is 6.25. The van der Waals surface area contributed by atoms with Crippen LogP contribution in [0.3, 0.4) is 0 Å². The number of hydrogen-bond acceptors (Lipinski definition) is 8. The van der Waals surface area contributed by atoms with Gasteiger partial charge in [0.1, 0.15) is 0 Å². The van der Waals surface area contributed by atoms with Crippen molar-refractivity contribution in [3.05, 3.63) is 12.3 Å². The van der Waals surface area contributed by atoms with Crippen molar-refractivity contribution in [3.63, 3.8) is 0 Å². The Balaban J connectivity index is 0.000000617.